The van der Waals surface area contributed by atoms with Gasteiger partial charge in [0.1, 0.15) is 0 Å². The summed E-state index contributed by atoms with van der Waals surface area (Å²) in [5, 5.41) is 2.81. The van der Waals surface area contributed by atoms with Crippen LogP contribution in [0.1, 0.15) is 27.0 Å². The fourth-order valence-corrected chi connectivity index (χ4v) is 4.94. The molecule has 3 aromatic rings. The first-order chi connectivity index (χ1) is 15.0. The van der Waals surface area contributed by atoms with Crippen molar-refractivity contribution in [1.82, 2.24) is 14.6 Å². The first-order valence-corrected chi connectivity index (χ1v) is 11.4. The molecule has 1 amide bonds. The van der Waals surface area contributed by atoms with Crippen LogP contribution in [0.15, 0.2) is 71.8 Å². The number of sulfonamides is 1. The lowest BCUT2D eigenvalue weighted by molar-refractivity contribution is 0.0950. The summed E-state index contributed by atoms with van der Waals surface area (Å²) in [4.78, 5) is 16.7. The van der Waals surface area contributed by atoms with Gasteiger partial charge in [0.2, 0.25) is 15.9 Å². The number of rotatable bonds is 6. The number of amides is 1. The number of aromatic nitrogens is 1. The predicted molar refractivity (Wildman–Crippen MR) is 116 cm³/mol. The second-order valence-corrected chi connectivity index (χ2v) is 9.21. The molecular weight excluding hydrogens is 414 g/mol. The van der Waals surface area contributed by atoms with Gasteiger partial charge in [-0.05, 0) is 47.4 Å². The van der Waals surface area contributed by atoms with Crippen molar-refractivity contribution in [2.24, 2.45) is 0 Å². The van der Waals surface area contributed by atoms with Crippen LogP contribution in [0.2, 0.25) is 0 Å². The van der Waals surface area contributed by atoms with E-state index in [9.17, 15) is 13.2 Å². The standard InChI is InChI=1S/C23H23N3O4S/c1-30-22-11-6-17(14-24-22)15-25-23(27)19-7-9-21(10-8-19)31(28,29)26-13-12-18-4-2-3-5-20(18)16-26/h2-11,14H,12-13,15-16H2,1H3,(H,25,27). The summed E-state index contributed by atoms with van der Waals surface area (Å²) < 4.78 is 32.6. The lowest BCUT2D eigenvalue weighted by atomic mass is 10.0. The van der Waals surface area contributed by atoms with E-state index in [1.807, 2.05) is 30.3 Å². The maximum absolute atomic E-state index is 13.0. The number of methoxy groups -OCH3 is 1. The molecule has 0 atom stereocenters. The second-order valence-electron chi connectivity index (χ2n) is 7.27. The van der Waals surface area contributed by atoms with Gasteiger partial charge in [0.05, 0.1) is 12.0 Å². The van der Waals surface area contributed by atoms with Gasteiger partial charge in [-0.3, -0.25) is 4.79 Å². The molecule has 0 aliphatic carbocycles. The largest absolute Gasteiger partial charge is 0.481 e. The minimum absolute atomic E-state index is 0.183. The summed E-state index contributed by atoms with van der Waals surface area (Å²) in [5.41, 5.74) is 3.44. The van der Waals surface area contributed by atoms with Crippen molar-refractivity contribution in [2.75, 3.05) is 13.7 Å². The molecule has 8 heteroatoms. The lowest BCUT2D eigenvalue weighted by Crippen LogP contribution is -2.36. The first kappa shape index (κ1) is 21.0. The third-order valence-electron chi connectivity index (χ3n) is 5.31. The van der Waals surface area contributed by atoms with E-state index < -0.39 is 10.0 Å². The van der Waals surface area contributed by atoms with E-state index in [0.717, 1.165) is 11.1 Å². The van der Waals surface area contributed by atoms with E-state index in [4.69, 9.17) is 4.74 Å². The number of nitrogens with zero attached hydrogens (tertiary/aromatic N) is 2. The van der Waals surface area contributed by atoms with Crippen LogP contribution in [0.4, 0.5) is 0 Å². The molecule has 0 saturated heterocycles. The summed E-state index contributed by atoms with van der Waals surface area (Å²) >= 11 is 0. The van der Waals surface area contributed by atoms with Gasteiger partial charge < -0.3 is 10.1 Å². The highest BCUT2D eigenvalue weighted by Crippen LogP contribution is 2.25. The Morgan fingerprint density at radius 3 is 2.48 bits per heavy atom. The fraction of sp³-hybridized carbons (Fsp3) is 0.217. The van der Waals surface area contributed by atoms with Crippen molar-refractivity contribution < 1.29 is 17.9 Å². The molecule has 1 aromatic heterocycles. The van der Waals surface area contributed by atoms with Crippen molar-refractivity contribution in [2.45, 2.75) is 24.4 Å². The van der Waals surface area contributed by atoms with Crippen LogP contribution in [-0.4, -0.2) is 37.3 Å². The van der Waals surface area contributed by atoms with Crippen molar-refractivity contribution in [1.29, 1.82) is 0 Å². The molecule has 1 aliphatic rings. The zero-order valence-electron chi connectivity index (χ0n) is 17.1. The lowest BCUT2D eigenvalue weighted by Gasteiger charge is -2.28. The van der Waals surface area contributed by atoms with Crippen LogP contribution in [-0.2, 0) is 29.5 Å². The molecule has 31 heavy (non-hydrogen) atoms. The molecule has 0 saturated carbocycles. The van der Waals surface area contributed by atoms with E-state index in [0.29, 0.717) is 37.5 Å². The van der Waals surface area contributed by atoms with Crippen molar-refractivity contribution in [3.63, 3.8) is 0 Å². The predicted octanol–water partition coefficient (Wildman–Crippen LogP) is 2.77. The number of ether oxygens (including phenoxy) is 1. The van der Waals surface area contributed by atoms with Crippen LogP contribution >= 0.6 is 0 Å². The van der Waals surface area contributed by atoms with Gasteiger partial charge in [0.15, 0.2) is 0 Å². The molecule has 2 aromatic carbocycles. The molecule has 0 radical (unpaired) electrons. The summed E-state index contributed by atoms with van der Waals surface area (Å²) in [6.45, 7) is 1.11. The zero-order valence-corrected chi connectivity index (χ0v) is 17.9. The average Bonchev–Trinajstić information content (AvgIpc) is 2.82. The minimum atomic E-state index is -3.63. The Bertz CT molecular complexity index is 1180. The average molecular weight is 438 g/mol. The van der Waals surface area contributed by atoms with Gasteiger partial charge in [-0.1, -0.05) is 30.3 Å². The third-order valence-corrected chi connectivity index (χ3v) is 7.17. The Balaban J connectivity index is 1.41. The van der Waals surface area contributed by atoms with Crippen LogP contribution in [0, 0.1) is 0 Å². The number of carbonyl (C=O) groups is 1. The number of fused-ring (bicyclic) bond motifs is 1. The van der Waals surface area contributed by atoms with Crippen LogP contribution in [0.5, 0.6) is 5.88 Å². The van der Waals surface area contributed by atoms with Crippen molar-refractivity contribution in [3.05, 3.63) is 89.1 Å². The summed E-state index contributed by atoms with van der Waals surface area (Å²) in [7, 11) is -2.09. The Labute approximate surface area is 181 Å². The Morgan fingerprint density at radius 1 is 1.06 bits per heavy atom. The number of nitrogens with one attached hydrogen (secondary N) is 1. The third kappa shape index (κ3) is 4.60. The van der Waals surface area contributed by atoms with Crippen LogP contribution in [0.3, 0.4) is 0 Å². The van der Waals surface area contributed by atoms with Gasteiger partial charge in [-0.15, -0.1) is 0 Å². The molecule has 4 rings (SSSR count). The van der Waals surface area contributed by atoms with E-state index in [2.05, 4.69) is 10.3 Å². The Kier molecular flexibility index (Phi) is 6.01. The molecule has 0 bridgehead atoms. The topological polar surface area (TPSA) is 88.6 Å². The SMILES string of the molecule is COc1ccc(CNC(=O)c2ccc(S(=O)(=O)N3CCc4ccccc4C3)cc2)cn1. The van der Waals surface area contributed by atoms with Crippen molar-refractivity contribution in [3.8, 4) is 5.88 Å². The maximum Gasteiger partial charge on any atom is 0.251 e. The van der Waals surface area contributed by atoms with Gasteiger partial charge in [0, 0.05) is 37.5 Å². The number of benzene rings is 2. The zero-order chi connectivity index (χ0) is 21.8. The van der Waals surface area contributed by atoms with Crippen molar-refractivity contribution >= 4 is 15.9 Å². The summed E-state index contributed by atoms with van der Waals surface area (Å²) in [6.07, 6.45) is 2.32. The van der Waals surface area contributed by atoms with E-state index in [1.165, 1.54) is 41.2 Å². The normalized spacial score (nSPS) is 14.0. The molecule has 160 valence electrons. The molecule has 0 fully saturated rings. The molecule has 1 aliphatic heterocycles. The quantitative estimate of drug-likeness (QED) is 0.641. The number of pyridine rings is 1. The Hall–Kier alpha value is -3.23. The maximum atomic E-state index is 13.0. The molecule has 2 heterocycles. The number of hydrogen-bond acceptors (Lipinski definition) is 5. The summed E-state index contributed by atoms with van der Waals surface area (Å²) in [6, 6.07) is 17.5. The van der Waals surface area contributed by atoms with Gasteiger partial charge in [0.25, 0.3) is 5.91 Å². The van der Waals surface area contributed by atoms with Gasteiger partial charge in [-0.25, -0.2) is 13.4 Å². The molecule has 0 unspecified atom stereocenters. The summed E-state index contributed by atoms with van der Waals surface area (Å²) in [5.74, 6) is 0.218. The highest BCUT2D eigenvalue weighted by molar-refractivity contribution is 7.89. The van der Waals surface area contributed by atoms with E-state index in [-0.39, 0.29) is 10.8 Å². The van der Waals surface area contributed by atoms with Crippen LogP contribution < -0.4 is 10.1 Å². The van der Waals surface area contributed by atoms with Gasteiger partial charge >= 0.3 is 0 Å². The number of carbonyl (C=O) groups excluding carboxylic acids is 1. The number of hydrogen-bond donors (Lipinski definition) is 1. The second kappa shape index (κ2) is 8.87. The first-order valence-electron chi connectivity index (χ1n) is 9.91. The highest BCUT2D eigenvalue weighted by Gasteiger charge is 2.28. The Morgan fingerprint density at radius 2 is 1.81 bits per heavy atom. The van der Waals surface area contributed by atoms with E-state index >= 15 is 0 Å². The van der Waals surface area contributed by atoms with Crippen LogP contribution in [0.25, 0.3) is 0 Å². The highest BCUT2D eigenvalue weighted by atomic mass is 32.2. The monoisotopic (exact) mass is 437 g/mol. The minimum Gasteiger partial charge on any atom is -0.481 e. The van der Waals surface area contributed by atoms with E-state index in [1.54, 1.807) is 12.3 Å². The molecule has 7 nitrogen and oxygen atoms in total. The van der Waals surface area contributed by atoms with Gasteiger partial charge in [-0.2, -0.15) is 4.31 Å². The smallest absolute Gasteiger partial charge is 0.251 e. The molecule has 1 N–H and O–H groups in total. The molecule has 0 spiro atoms. The fourth-order valence-electron chi connectivity index (χ4n) is 3.52. The molecular formula is C23H23N3O4S.